The van der Waals surface area contributed by atoms with Crippen molar-refractivity contribution in [3.05, 3.63) is 0 Å². The molecule has 0 rings (SSSR count). The summed E-state index contributed by atoms with van der Waals surface area (Å²) < 4.78 is 29.3. The molecule has 6 nitrogen and oxygen atoms in total. The molecule has 2 atom stereocenters. The quantitative estimate of drug-likeness (QED) is 0.0572. The third-order valence-corrected chi connectivity index (χ3v) is 7.92. The Labute approximate surface area is 231 Å². The minimum absolute atomic E-state index is 0.115. The number of phosphoric acid groups is 1. The third-order valence-electron chi connectivity index (χ3n) is 6.93. The predicted octanol–water partition coefficient (Wildman–Crippen LogP) is 9.05. The molecule has 0 radical (unpaired) electrons. The van der Waals surface area contributed by atoms with Crippen LogP contribution in [-0.4, -0.2) is 63.0 Å². The van der Waals surface area contributed by atoms with Crippen molar-refractivity contribution in [3.63, 3.8) is 0 Å². The summed E-state index contributed by atoms with van der Waals surface area (Å²) in [5, 5.41) is 0. The van der Waals surface area contributed by atoms with Gasteiger partial charge in [-0.05, 0) is 32.6 Å². The van der Waals surface area contributed by atoms with Crippen LogP contribution in [0, 0.1) is 0 Å². The summed E-state index contributed by atoms with van der Waals surface area (Å²) in [6.45, 7) is 6.32. The van der Waals surface area contributed by atoms with Crippen molar-refractivity contribution in [3.8, 4) is 0 Å². The van der Waals surface area contributed by atoms with Crippen LogP contribution in [0.25, 0.3) is 0 Å². The van der Waals surface area contributed by atoms with Crippen LogP contribution in [0.2, 0.25) is 0 Å². The number of quaternary nitrogens is 1. The lowest BCUT2D eigenvalue weighted by atomic mass is 10.0. The van der Waals surface area contributed by atoms with Crippen LogP contribution in [0.4, 0.5) is 0 Å². The van der Waals surface area contributed by atoms with Gasteiger partial charge < -0.3 is 14.1 Å². The SMILES string of the molecule is CCCCCCCCCCCCCCCCCC(COP(=O)(O)OCCCCCC[N+](C)(C)C)OCC. The molecule has 37 heavy (non-hydrogen) atoms. The normalized spacial score (nSPS) is 14.6. The van der Waals surface area contributed by atoms with Gasteiger partial charge in [0.1, 0.15) is 0 Å². The molecule has 224 valence electrons. The molecule has 0 saturated heterocycles. The minimum Gasteiger partial charge on any atom is -0.376 e. The van der Waals surface area contributed by atoms with Gasteiger partial charge in [-0.3, -0.25) is 9.05 Å². The molecular weight excluding hydrogens is 485 g/mol. The summed E-state index contributed by atoms with van der Waals surface area (Å²) in [6.07, 6.45) is 24.9. The first-order valence-electron chi connectivity index (χ1n) is 15.7. The maximum absolute atomic E-state index is 12.2. The summed E-state index contributed by atoms with van der Waals surface area (Å²) in [5.41, 5.74) is 0. The second-order valence-corrected chi connectivity index (χ2v) is 13.3. The Morgan fingerprint density at radius 3 is 1.59 bits per heavy atom. The highest BCUT2D eigenvalue weighted by Gasteiger charge is 2.23. The molecule has 0 amide bonds. The molecule has 1 N–H and O–H groups in total. The van der Waals surface area contributed by atoms with Gasteiger partial charge in [0.25, 0.3) is 0 Å². The fraction of sp³-hybridized carbons (Fsp3) is 1.00. The Bertz CT molecular complexity index is 527. The number of hydrogen-bond donors (Lipinski definition) is 1. The second-order valence-electron chi connectivity index (χ2n) is 11.8. The monoisotopic (exact) mass is 550 g/mol. The van der Waals surface area contributed by atoms with Crippen molar-refractivity contribution in [2.45, 2.75) is 148 Å². The van der Waals surface area contributed by atoms with Crippen molar-refractivity contribution < 1.29 is 27.7 Å². The Morgan fingerprint density at radius 2 is 1.11 bits per heavy atom. The molecule has 0 aromatic carbocycles. The number of rotatable bonds is 29. The molecule has 0 aliphatic rings. The largest absolute Gasteiger partial charge is 0.472 e. The molecule has 0 spiro atoms. The van der Waals surface area contributed by atoms with E-state index in [2.05, 4.69) is 28.1 Å². The molecule has 0 saturated carbocycles. The van der Waals surface area contributed by atoms with Crippen molar-refractivity contribution in [1.29, 1.82) is 0 Å². The number of ether oxygens (including phenoxy) is 1. The topological polar surface area (TPSA) is 65.0 Å². The molecule has 0 heterocycles. The van der Waals surface area contributed by atoms with E-state index in [1.807, 2.05) is 6.92 Å². The fourth-order valence-corrected chi connectivity index (χ4v) is 5.42. The van der Waals surface area contributed by atoms with Gasteiger partial charge in [0.2, 0.25) is 0 Å². The molecule has 0 aliphatic carbocycles. The first-order valence-corrected chi connectivity index (χ1v) is 17.2. The van der Waals surface area contributed by atoms with Crippen molar-refractivity contribution in [2.75, 3.05) is 47.5 Å². The summed E-state index contributed by atoms with van der Waals surface area (Å²) in [4.78, 5) is 10.00. The molecule has 0 bridgehead atoms. The Morgan fingerprint density at radius 1 is 0.649 bits per heavy atom. The van der Waals surface area contributed by atoms with E-state index in [4.69, 9.17) is 13.8 Å². The van der Waals surface area contributed by atoms with Crippen molar-refractivity contribution >= 4 is 7.82 Å². The average Bonchev–Trinajstić information content (AvgIpc) is 2.83. The smallest absolute Gasteiger partial charge is 0.376 e. The predicted molar refractivity (Wildman–Crippen MR) is 158 cm³/mol. The Kier molecular flexibility index (Phi) is 25.0. The molecular formula is C30H65NO5P+. The molecule has 0 aliphatic heterocycles. The number of phosphoric ester groups is 1. The average molecular weight is 551 g/mol. The van der Waals surface area contributed by atoms with E-state index in [1.165, 1.54) is 89.9 Å². The number of nitrogens with zero attached hydrogens (tertiary/aromatic N) is 1. The van der Waals surface area contributed by atoms with E-state index in [0.29, 0.717) is 6.61 Å². The molecule has 0 aromatic rings. The van der Waals surface area contributed by atoms with Gasteiger partial charge in [0, 0.05) is 6.61 Å². The zero-order chi connectivity index (χ0) is 27.7. The van der Waals surface area contributed by atoms with Crippen LogP contribution in [-0.2, 0) is 18.3 Å². The summed E-state index contributed by atoms with van der Waals surface area (Å²) in [6, 6.07) is 0. The zero-order valence-electron chi connectivity index (χ0n) is 25.5. The summed E-state index contributed by atoms with van der Waals surface area (Å²) in [7, 11) is 2.57. The zero-order valence-corrected chi connectivity index (χ0v) is 26.4. The first kappa shape index (κ1) is 37.0. The maximum Gasteiger partial charge on any atom is 0.472 e. The minimum atomic E-state index is -4.01. The fourth-order valence-electron chi connectivity index (χ4n) is 4.63. The lowest BCUT2D eigenvalue weighted by Crippen LogP contribution is -2.35. The van der Waals surface area contributed by atoms with Crippen molar-refractivity contribution in [2.24, 2.45) is 0 Å². The van der Waals surface area contributed by atoms with Crippen molar-refractivity contribution in [1.82, 2.24) is 0 Å². The van der Waals surface area contributed by atoms with Crippen LogP contribution in [0.5, 0.6) is 0 Å². The van der Waals surface area contributed by atoms with Gasteiger partial charge in [-0.15, -0.1) is 0 Å². The molecule has 0 aromatic heterocycles. The van der Waals surface area contributed by atoms with Crippen LogP contribution in [0.15, 0.2) is 0 Å². The number of unbranched alkanes of at least 4 members (excludes halogenated alkanes) is 17. The van der Waals surface area contributed by atoms with Gasteiger partial charge in [-0.25, -0.2) is 4.57 Å². The second kappa shape index (κ2) is 25.0. The Balaban J connectivity index is 3.69. The Hall–Kier alpha value is 0.0300. The standard InChI is InChI=1S/C30H64NO5P/c1-6-8-9-10-11-12-13-14-15-16-17-18-19-20-23-26-30(34-7-2)29-36-37(32,33)35-28-25-22-21-24-27-31(3,4)5/h30H,6-29H2,1-5H3/p+1. The lowest BCUT2D eigenvalue weighted by Gasteiger charge is -2.23. The molecule has 7 heteroatoms. The van der Waals surface area contributed by atoms with Crippen LogP contribution in [0.3, 0.4) is 0 Å². The van der Waals surface area contributed by atoms with E-state index in [9.17, 15) is 9.46 Å². The maximum atomic E-state index is 12.2. The van der Waals surface area contributed by atoms with Gasteiger partial charge in [-0.2, -0.15) is 0 Å². The van der Waals surface area contributed by atoms with Gasteiger partial charge in [0.15, 0.2) is 0 Å². The van der Waals surface area contributed by atoms with Crippen LogP contribution >= 0.6 is 7.82 Å². The highest BCUT2D eigenvalue weighted by Crippen LogP contribution is 2.43. The third kappa shape index (κ3) is 28.8. The van der Waals surface area contributed by atoms with Gasteiger partial charge in [0.05, 0.1) is 47.0 Å². The van der Waals surface area contributed by atoms with E-state index in [1.54, 1.807) is 0 Å². The van der Waals surface area contributed by atoms with Gasteiger partial charge >= 0.3 is 7.82 Å². The van der Waals surface area contributed by atoms with Crippen LogP contribution < -0.4 is 0 Å². The molecule has 0 fully saturated rings. The molecule has 2 unspecified atom stereocenters. The van der Waals surface area contributed by atoms with E-state index in [0.717, 1.165) is 49.6 Å². The van der Waals surface area contributed by atoms with E-state index < -0.39 is 7.82 Å². The summed E-state index contributed by atoms with van der Waals surface area (Å²) >= 11 is 0. The highest BCUT2D eigenvalue weighted by molar-refractivity contribution is 7.47. The summed E-state index contributed by atoms with van der Waals surface area (Å²) in [5.74, 6) is 0. The van der Waals surface area contributed by atoms with E-state index in [-0.39, 0.29) is 19.3 Å². The highest BCUT2D eigenvalue weighted by atomic mass is 31.2. The van der Waals surface area contributed by atoms with Crippen LogP contribution in [0.1, 0.15) is 142 Å². The lowest BCUT2D eigenvalue weighted by molar-refractivity contribution is -0.870. The first-order chi connectivity index (χ1) is 17.7. The van der Waals surface area contributed by atoms with Gasteiger partial charge in [-0.1, -0.05) is 110 Å². The van der Waals surface area contributed by atoms with E-state index >= 15 is 0 Å². The number of hydrogen-bond acceptors (Lipinski definition) is 4.